The Morgan fingerprint density at radius 2 is 1.22 bits per heavy atom. The number of benzene rings is 2. The molecule has 41 heavy (non-hydrogen) atoms. The van der Waals surface area contributed by atoms with E-state index in [1.54, 1.807) is 0 Å². The van der Waals surface area contributed by atoms with Crippen LogP contribution in [-0.4, -0.2) is 47.3 Å². The summed E-state index contributed by atoms with van der Waals surface area (Å²) in [6.07, 6.45) is -9.62. The molecule has 2 aromatic rings. The lowest BCUT2D eigenvalue weighted by Crippen LogP contribution is -2.70. The van der Waals surface area contributed by atoms with E-state index in [4.69, 9.17) is 9.47 Å². The smallest absolute Gasteiger partial charge is 0.419 e. The second-order valence-electron chi connectivity index (χ2n) is 10.1. The Bertz CT molecular complexity index is 1310. The van der Waals surface area contributed by atoms with Crippen LogP contribution in [0.15, 0.2) is 36.4 Å². The number of fused-ring (bicyclic) bond motifs is 3. The van der Waals surface area contributed by atoms with Gasteiger partial charge in [0.2, 0.25) is 0 Å². The highest BCUT2D eigenvalue weighted by molar-refractivity contribution is 5.79. The Morgan fingerprint density at radius 1 is 0.780 bits per heavy atom. The zero-order chi connectivity index (χ0) is 30.2. The van der Waals surface area contributed by atoms with Crippen LogP contribution >= 0.6 is 0 Å². The van der Waals surface area contributed by atoms with E-state index >= 15 is 0 Å². The van der Waals surface area contributed by atoms with E-state index in [1.807, 2.05) is 0 Å². The summed E-state index contributed by atoms with van der Waals surface area (Å²) < 4.78 is 114. The van der Waals surface area contributed by atoms with Crippen LogP contribution in [0.2, 0.25) is 0 Å². The van der Waals surface area contributed by atoms with Gasteiger partial charge in [-0.15, -0.1) is 0 Å². The molecule has 0 aromatic heterocycles. The first-order chi connectivity index (χ1) is 19.0. The third-order valence-electron chi connectivity index (χ3n) is 7.35. The second kappa shape index (κ2) is 11.0. The zero-order valence-corrected chi connectivity index (χ0v) is 21.1. The molecule has 3 aliphatic rings. The molecule has 7 nitrogen and oxygen atoms in total. The molecule has 15 heteroatoms. The lowest BCUT2D eigenvalue weighted by molar-refractivity contribution is -0.140. The average Bonchev–Trinajstić information content (AvgIpc) is 2.86. The number of aliphatic hydroxyl groups excluding tert-OH is 1. The fourth-order valence-electron chi connectivity index (χ4n) is 5.24. The van der Waals surface area contributed by atoms with Crippen molar-refractivity contribution in [2.24, 2.45) is 0 Å². The molecular formula is C26H24F8N2O5. The van der Waals surface area contributed by atoms with Gasteiger partial charge in [0.05, 0.1) is 22.8 Å². The molecule has 3 N–H and O–H groups in total. The number of aliphatic hydroxyl groups is 1. The lowest BCUT2D eigenvalue weighted by atomic mass is 9.60. The normalized spacial score (nSPS) is 24.1. The van der Waals surface area contributed by atoms with Crippen LogP contribution in [0, 0.1) is 11.6 Å². The fourth-order valence-corrected chi connectivity index (χ4v) is 5.24. The number of carbonyl (C=O) groups excluding carboxylic acids is 2. The minimum absolute atomic E-state index is 0.0545. The van der Waals surface area contributed by atoms with Gasteiger partial charge in [0.15, 0.2) is 13.2 Å². The van der Waals surface area contributed by atoms with E-state index in [0.29, 0.717) is 37.1 Å². The summed E-state index contributed by atoms with van der Waals surface area (Å²) in [6.45, 7) is -1.27. The number of carbonyl (C=O) groups is 2. The highest BCUT2D eigenvalue weighted by Gasteiger charge is 2.55. The molecular weight excluding hydrogens is 572 g/mol. The molecule has 0 spiro atoms. The van der Waals surface area contributed by atoms with Gasteiger partial charge in [0.1, 0.15) is 23.1 Å². The molecule has 0 radical (unpaired) electrons. The van der Waals surface area contributed by atoms with Gasteiger partial charge < -0.3 is 25.2 Å². The summed E-state index contributed by atoms with van der Waals surface area (Å²) in [5.74, 6) is -5.02. The SMILES string of the molecule is O=C(COc1ccc(C(F)(F)F)c(F)c1)NC12CCC(NC(=O)COc3ccc(C(F)(F)F)c(F)c3)(CC1)[C@@H](O)C2. The van der Waals surface area contributed by atoms with Crippen molar-refractivity contribution in [2.45, 2.75) is 61.6 Å². The number of nitrogens with one attached hydrogen (secondary N) is 2. The van der Waals surface area contributed by atoms with Gasteiger partial charge in [-0.25, -0.2) is 8.78 Å². The Kier molecular flexibility index (Phi) is 8.13. The van der Waals surface area contributed by atoms with E-state index in [2.05, 4.69) is 10.6 Å². The maximum absolute atomic E-state index is 13.7. The van der Waals surface area contributed by atoms with Gasteiger partial charge >= 0.3 is 12.4 Å². The van der Waals surface area contributed by atoms with E-state index in [9.17, 15) is 49.8 Å². The van der Waals surface area contributed by atoms with Gasteiger partial charge in [0.25, 0.3) is 11.8 Å². The minimum atomic E-state index is -4.88. The van der Waals surface area contributed by atoms with Gasteiger partial charge in [-0.05, 0) is 56.4 Å². The third kappa shape index (κ3) is 6.82. The predicted molar refractivity (Wildman–Crippen MR) is 125 cm³/mol. The Morgan fingerprint density at radius 3 is 1.61 bits per heavy atom. The van der Waals surface area contributed by atoms with Crippen LogP contribution in [0.5, 0.6) is 11.5 Å². The monoisotopic (exact) mass is 596 g/mol. The molecule has 0 aliphatic heterocycles. The summed E-state index contributed by atoms with van der Waals surface area (Å²) in [6, 6.07) is 3.79. The van der Waals surface area contributed by atoms with Crippen molar-refractivity contribution < 1.29 is 59.3 Å². The van der Waals surface area contributed by atoms with Crippen molar-refractivity contribution in [3.05, 3.63) is 59.2 Å². The van der Waals surface area contributed by atoms with Gasteiger partial charge in [-0.1, -0.05) is 0 Å². The molecule has 2 aromatic carbocycles. The highest BCUT2D eigenvalue weighted by atomic mass is 19.4. The standard InChI is InChI=1S/C26H24F8N2O5/c27-18-9-14(1-3-16(18)25(29,30)31)40-12-21(38)35-23-5-7-24(8-6-23,20(37)11-23)36-22(39)13-41-15-2-4-17(19(28)10-15)26(32,33)34/h1-4,9-10,20,37H,5-8,11-13H2,(H,35,38)(H,36,39)/t20-,23?,24?/m0/s1. The van der Waals surface area contributed by atoms with Crippen LogP contribution in [0.3, 0.4) is 0 Å². The van der Waals surface area contributed by atoms with E-state index in [0.717, 1.165) is 12.1 Å². The molecule has 2 bridgehead atoms. The molecule has 3 saturated carbocycles. The minimum Gasteiger partial charge on any atom is -0.484 e. The van der Waals surface area contributed by atoms with E-state index < -0.39 is 77.3 Å². The Labute approximate surface area is 227 Å². The van der Waals surface area contributed by atoms with Crippen molar-refractivity contribution in [1.29, 1.82) is 0 Å². The molecule has 0 heterocycles. The number of hydrogen-bond acceptors (Lipinski definition) is 5. The van der Waals surface area contributed by atoms with Crippen molar-refractivity contribution in [1.82, 2.24) is 10.6 Å². The first-order valence-electron chi connectivity index (χ1n) is 12.3. The molecule has 1 atom stereocenters. The van der Waals surface area contributed by atoms with E-state index in [1.165, 1.54) is 0 Å². The van der Waals surface area contributed by atoms with Crippen LogP contribution in [0.25, 0.3) is 0 Å². The van der Waals surface area contributed by atoms with Crippen LogP contribution in [0.4, 0.5) is 35.1 Å². The first kappa shape index (κ1) is 30.3. The zero-order valence-electron chi connectivity index (χ0n) is 21.1. The summed E-state index contributed by atoms with van der Waals surface area (Å²) in [5, 5.41) is 16.3. The molecule has 3 fully saturated rings. The van der Waals surface area contributed by atoms with Crippen molar-refractivity contribution >= 4 is 11.8 Å². The maximum Gasteiger partial charge on any atom is 0.419 e. The lowest BCUT2D eigenvalue weighted by Gasteiger charge is -2.56. The summed E-state index contributed by atoms with van der Waals surface area (Å²) >= 11 is 0. The first-order valence-corrected chi connectivity index (χ1v) is 12.3. The average molecular weight is 596 g/mol. The largest absolute Gasteiger partial charge is 0.484 e. The Hall–Kier alpha value is -3.62. The van der Waals surface area contributed by atoms with Crippen molar-refractivity contribution in [2.75, 3.05) is 13.2 Å². The molecule has 3 aliphatic carbocycles. The molecule has 224 valence electrons. The summed E-state index contributed by atoms with van der Waals surface area (Å²) in [7, 11) is 0. The van der Waals surface area contributed by atoms with E-state index in [-0.39, 0.29) is 30.8 Å². The predicted octanol–water partition coefficient (Wildman–Crippen LogP) is 4.51. The molecule has 0 saturated heterocycles. The van der Waals surface area contributed by atoms with Gasteiger partial charge in [-0.3, -0.25) is 9.59 Å². The maximum atomic E-state index is 13.7. The molecule has 0 unspecified atom stereocenters. The molecule has 5 rings (SSSR count). The number of hydrogen-bond donors (Lipinski definition) is 3. The third-order valence-corrected chi connectivity index (χ3v) is 7.35. The van der Waals surface area contributed by atoms with Crippen LogP contribution in [0.1, 0.15) is 43.2 Å². The number of alkyl halides is 6. The summed E-state index contributed by atoms with van der Waals surface area (Å²) in [5.41, 5.74) is -4.84. The fraction of sp³-hybridized carbons (Fsp3) is 0.462. The number of halogens is 8. The van der Waals surface area contributed by atoms with Crippen LogP contribution < -0.4 is 20.1 Å². The number of rotatable bonds is 8. The molecule has 2 amide bonds. The number of amides is 2. The quantitative estimate of drug-likeness (QED) is 0.390. The van der Waals surface area contributed by atoms with Gasteiger partial charge in [0, 0.05) is 17.7 Å². The topological polar surface area (TPSA) is 96.9 Å². The summed E-state index contributed by atoms with van der Waals surface area (Å²) in [4.78, 5) is 25.0. The van der Waals surface area contributed by atoms with Crippen LogP contribution in [-0.2, 0) is 21.9 Å². The van der Waals surface area contributed by atoms with Gasteiger partial charge in [-0.2, -0.15) is 26.3 Å². The highest BCUT2D eigenvalue weighted by Crippen LogP contribution is 2.47. The van der Waals surface area contributed by atoms with Crippen molar-refractivity contribution in [3.8, 4) is 11.5 Å². The number of ether oxygens (including phenoxy) is 2. The Balaban J connectivity index is 1.27. The second-order valence-corrected chi connectivity index (χ2v) is 10.1. The van der Waals surface area contributed by atoms with Crippen molar-refractivity contribution in [3.63, 3.8) is 0 Å².